The van der Waals surface area contributed by atoms with Crippen molar-refractivity contribution in [2.45, 2.75) is 32.6 Å². The highest BCUT2D eigenvalue weighted by atomic mass is 14.7. The summed E-state index contributed by atoms with van der Waals surface area (Å²) < 4.78 is 0. The lowest BCUT2D eigenvalue weighted by Gasteiger charge is -2.28. The smallest absolute Gasteiger partial charge is 0.00486 e. The first kappa shape index (κ1) is 6.66. The van der Waals surface area contributed by atoms with Gasteiger partial charge in [-0.05, 0) is 43.1 Å². The van der Waals surface area contributed by atoms with Gasteiger partial charge in [-0.2, -0.15) is 0 Å². The minimum Gasteiger partial charge on any atom is -0.330 e. The molecule has 0 amide bonds. The number of nitrogens with two attached hydrogens (primary N) is 1. The highest BCUT2D eigenvalue weighted by molar-refractivity contribution is 5.08. The fourth-order valence-electron chi connectivity index (χ4n) is 2.55. The normalized spacial score (nSPS) is 37.2. The standard InChI is InChI=1S/C9H17N/c1-7(6-10)8-5-9(8)3-2-4-9/h7-8H,2-6,10H2,1H3. The molecule has 58 valence electrons. The van der Waals surface area contributed by atoms with Crippen LogP contribution >= 0.6 is 0 Å². The first-order valence-corrected chi connectivity index (χ1v) is 4.48. The molecular weight excluding hydrogens is 122 g/mol. The fraction of sp³-hybridized carbons (Fsp3) is 1.00. The minimum atomic E-state index is 0.792. The van der Waals surface area contributed by atoms with Crippen molar-refractivity contribution in [3.8, 4) is 0 Å². The van der Waals surface area contributed by atoms with Gasteiger partial charge in [0.2, 0.25) is 0 Å². The molecule has 1 nitrogen and oxygen atoms in total. The summed E-state index contributed by atoms with van der Waals surface area (Å²) in [6.07, 6.45) is 5.98. The predicted molar refractivity (Wildman–Crippen MR) is 42.6 cm³/mol. The van der Waals surface area contributed by atoms with Gasteiger partial charge in [-0.25, -0.2) is 0 Å². The average Bonchev–Trinajstić information content (AvgIpc) is 2.59. The number of hydrogen-bond donors (Lipinski definition) is 1. The predicted octanol–water partition coefficient (Wildman–Crippen LogP) is 1.77. The van der Waals surface area contributed by atoms with E-state index in [1.54, 1.807) is 0 Å². The molecule has 1 spiro atoms. The van der Waals surface area contributed by atoms with E-state index in [-0.39, 0.29) is 0 Å². The molecule has 0 aromatic carbocycles. The topological polar surface area (TPSA) is 26.0 Å². The Morgan fingerprint density at radius 2 is 2.30 bits per heavy atom. The van der Waals surface area contributed by atoms with E-state index in [0.29, 0.717) is 0 Å². The second-order valence-corrected chi connectivity index (χ2v) is 4.24. The largest absolute Gasteiger partial charge is 0.330 e. The Balaban J connectivity index is 1.88. The molecule has 2 saturated carbocycles. The van der Waals surface area contributed by atoms with Gasteiger partial charge >= 0.3 is 0 Å². The molecule has 2 aliphatic rings. The van der Waals surface area contributed by atoms with Crippen LogP contribution in [0.1, 0.15) is 32.6 Å². The summed E-state index contributed by atoms with van der Waals surface area (Å²) in [6.45, 7) is 3.20. The summed E-state index contributed by atoms with van der Waals surface area (Å²) in [6, 6.07) is 0. The van der Waals surface area contributed by atoms with Crippen LogP contribution in [0.4, 0.5) is 0 Å². The molecule has 0 aliphatic heterocycles. The summed E-state index contributed by atoms with van der Waals surface area (Å²) in [4.78, 5) is 0. The van der Waals surface area contributed by atoms with E-state index in [4.69, 9.17) is 5.73 Å². The maximum atomic E-state index is 5.61. The maximum absolute atomic E-state index is 5.61. The molecule has 0 aromatic rings. The highest BCUT2D eigenvalue weighted by Gasteiger charge is 2.58. The van der Waals surface area contributed by atoms with E-state index in [1.165, 1.54) is 25.7 Å². The Labute approximate surface area is 63.0 Å². The van der Waals surface area contributed by atoms with Crippen LogP contribution in [0, 0.1) is 17.3 Å². The van der Waals surface area contributed by atoms with Gasteiger partial charge in [-0.15, -0.1) is 0 Å². The zero-order valence-corrected chi connectivity index (χ0v) is 6.77. The van der Waals surface area contributed by atoms with Crippen LogP contribution < -0.4 is 5.73 Å². The van der Waals surface area contributed by atoms with Crippen molar-refractivity contribution < 1.29 is 0 Å². The van der Waals surface area contributed by atoms with Crippen LogP contribution in [0.25, 0.3) is 0 Å². The van der Waals surface area contributed by atoms with E-state index in [0.717, 1.165) is 23.8 Å². The van der Waals surface area contributed by atoms with Gasteiger partial charge in [0, 0.05) is 0 Å². The molecular formula is C9H17N. The van der Waals surface area contributed by atoms with Crippen molar-refractivity contribution in [3.05, 3.63) is 0 Å². The Kier molecular flexibility index (Phi) is 1.31. The molecule has 2 fully saturated rings. The Hall–Kier alpha value is -0.0400. The summed E-state index contributed by atoms with van der Waals surface area (Å²) in [5.41, 5.74) is 6.45. The second-order valence-electron chi connectivity index (χ2n) is 4.24. The Bertz CT molecular complexity index is 138. The Morgan fingerprint density at radius 1 is 1.60 bits per heavy atom. The fourth-order valence-corrected chi connectivity index (χ4v) is 2.55. The van der Waals surface area contributed by atoms with E-state index >= 15 is 0 Å². The van der Waals surface area contributed by atoms with E-state index < -0.39 is 0 Å². The van der Waals surface area contributed by atoms with Gasteiger partial charge in [0.15, 0.2) is 0 Å². The molecule has 2 N–H and O–H groups in total. The van der Waals surface area contributed by atoms with Crippen molar-refractivity contribution in [3.63, 3.8) is 0 Å². The lowest BCUT2D eigenvalue weighted by molar-refractivity contribution is 0.233. The summed E-state index contributed by atoms with van der Waals surface area (Å²) in [7, 11) is 0. The summed E-state index contributed by atoms with van der Waals surface area (Å²) >= 11 is 0. The van der Waals surface area contributed by atoms with Gasteiger partial charge in [-0.1, -0.05) is 13.3 Å². The van der Waals surface area contributed by atoms with E-state index in [1.807, 2.05) is 0 Å². The van der Waals surface area contributed by atoms with Crippen molar-refractivity contribution in [1.29, 1.82) is 0 Å². The molecule has 0 aromatic heterocycles. The van der Waals surface area contributed by atoms with Crippen LogP contribution in [0.3, 0.4) is 0 Å². The molecule has 0 saturated heterocycles. The molecule has 2 rings (SSSR count). The highest BCUT2D eigenvalue weighted by Crippen LogP contribution is 2.67. The third kappa shape index (κ3) is 0.731. The first-order valence-electron chi connectivity index (χ1n) is 4.48. The number of rotatable bonds is 2. The summed E-state index contributed by atoms with van der Waals surface area (Å²) in [5.74, 6) is 1.80. The minimum absolute atomic E-state index is 0.792. The molecule has 2 atom stereocenters. The zero-order chi connectivity index (χ0) is 7.19. The van der Waals surface area contributed by atoms with E-state index in [9.17, 15) is 0 Å². The van der Waals surface area contributed by atoms with Gasteiger partial charge in [0.25, 0.3) is 0 Å². The van der Waals surface area contributed by atoms with Crippen LogP contribution in [0.2, 0.25) is 0 Å². The molecule has 10 heavy (non-hydrogen) atoms. The number of hydrogen-bond acceptors (Lipinski definition) is 1. The quantitative estimate of drug-likeness (QED) is 0.620. The Morgan fingerprint density at radius 3 is 2.60 bits per heavy atom. The molecule has 0 radical (unpaired) electrons. The van der Waals surface area contributed by atoms with Crippen LogP contribution in [-0.2, 0) is 0 Å². The van der Waals surface area contributed by atoms with Crippen LogP contribution in [-0.4, -0.2) is 6.54 Å². The van der Waals surface area contributed by atoms with Crippen LogP contribution in [0.5, 0.6) is 0 Å². The van der Waals surface area contributed by atoms with E-state index in [2.05, 4.69) is 6.92 Å². The van der Waals surface area contributed by atoms with Gasteiger partial charge in [0.1, 0.15) is 0 Å². The molecule has 0 heterocycles. The lowest BCUT2D eigenvalue weighted by Crippen LogP contribution is -2.21. The molecule has 1 heteroatoms. The van der Waals surface area contributed by atoms with Crippen LogP contribution in [0.15, 0.2) is 0 Å². The second kappa shape index (κ2) is 1.97. The monoisotopic (exact) mass is 139 g/mol. The average molecular weight is 139 g/mol. The third-order valence-corrected chi connectivity index (χ3v) is 3.66. The maximum Gasteiger partial charge on any atom is -0.00486 e. The van der Waals surface area contributed by atoms with Gasteiger partial charge < -0.3 is 5.73 Å². The zero-order valence-electron chi connectivity index (χ0n) is 6.77. The third-order valence-electron chi connectivity index (χ3n) is 3.66. The SMILES string of the molecule is CC(CN)C1CC12CCC2. The molecule has 0 bridgehead atoms. The summed E-state index contributed by atoms with van der Waals surface area (Å²) in [5, 5.41) is 0. The van der Waals surface area contributed by atoms with Crippen molar-refractivity contribution >= 4 is 0 Å². The molecule has 2 aliphatic carbocycles. The van der Waals surface area contributed by atoms with Crippen molar-refractivity contribution in [1.82, 2.24) is 0 Å². The first-order chi connectivity index (χ1) is 4.78. The van der Waals surface area contributed by atoms with Gasteiger partial charge in [-0.3, -0.25) is 0 Å². The van der Waals surface area contributed by atoms with Gasteiger partial charge in [0.05, 0.1) is 0 Å². The van der Waals surface area contributed by atoms with Crippen molar-refractivity contribution in [2.24, 2.45) is 23.0 Å². The van der Waals surface area contributed by atoms with Crippen molar-refractivity contribution in [2.75, 3.05) is 6.54 Å². The lowest BCUT2D eigenvalue weighted by atomic mass is 9.78. The molecule has 2 unspecified atom stereocenters.